The number of hydrogen-bond acceptors (Lipinski definition) is 4. The van der Waals surface area contributed by atoms with E-state index in [4.69, 9.17) is 11.6 Å². The lowest BCUT2D eigenvalue weighted by Gasteiger charge is -2.33. The Morgan fingerprint density at radius 1 is 1.37 bits per heavy atom. The fourth-order valence-corrected chi connectivity index (χ4v) is 2.97. The summed E-state index contributed by atoms with van der Waals surface area (Å²) in [5.41, 5.74) is 0.418. The van der Waals surface area contributed by atoms with Crippen LogP contribution in [0.5, 0.6) is 0 Å². The van der Waals surface area contributed by atoms with E-state index in [0.29, 0.717) is 17.2 Å². The maximum atomic E-state index is 11.2. The summed E-state index contributed by atoms with van der Waals surface area (Å²) in [6, 6.07) is 0. The number of rotatable bonds is 4. The molecule has 1 aliphatic heterocycles. The van der Waals surface area contributed by atoms with Crippen molar-refractivity contribution in [2.24, 2.45) is 5.92 Å². The van der Waals surface area contributed by atoms with Crippen LogP contribution in [0.25, 0.3) is 0 Å². The largest absolute Gasteiger partial charge is 0.356 e. The number of carbonyl (C=O) groups excluding carboxylic acids is 1. The van der Waals surface area contributed by atoms with Gasteiger partial charge in [-0.15, -0.1) is 0 Å². The van der Waals surface area contributed by atoms with E-state index in [1.165, 1.54) is 12.8 Å². The van der Waals surface area contributed by atoms with Crippen LogP contribution >= 0.6 is 11.6 Å². The molecule has 2 rings (SSSR count). The molecule has 19 heavy (non-hydrogen) atoms. The Morgan fingerprint density at radius 2 is 2.05 bits per heavy atom. The Morgan fingerprint density at radius 3 is 2.63 bits per heavy atom. The van der Waals surface area contributed by atoms with Crippen molar-refractivity contribution in [2.75, 3.05) is 18.0 Å². The minimum absolute atomic E-state index is 0.258. The van der Waals surface area contributed by atoms with Gasteiger partial charge in [0, 0.05) is 13.1 Å². The van der Waals surface area contributed by atoms with Crippen LogP contribution < -0.4 is 4.90 Å². The molecule has 0 radical (unpaired) electrons. The Hall–Kier alpha value is -1.16. The van der Waals surface area contributed by atoms with E-state index in [2.05, 4.69) is 21.8 Å². The van der Waals surface area contributed by atoms with Crippen molar-refractivity contribution in [1.29, 1.82) is 0 Å². The topological polar surface area (TPSA) is 46.1 Å². The quantitative estimate of drug-likeness (QED) is 0.628. The van der Waals surface area contributed by atoms with Crippen molar-refractivity contribution in [1.82, 2.24) is 9.97 Å². The maximum Gasteiger partial charge on any atom is 0.156 e. The number of halogens is 1. The third-order valence-corrected chi connectivity index (χ3v) is 4.01. The highest BCUT2D eigenvalue weighted by Crippen LogP contribution is 2.28. The summed E-state index contributed by atoms with van der Waals surface area (Å²) in [6.45, 7) is 5.91. The van der Waals surface area contributed by atoms with Crippen LogP contribution in [0.4, 0.5) is 5.82 Å². The first kappa shape index (κ1) is 14.3. The Bertz CT molecular complexity index is 456. The van der Waals surface area contributed by atoms with Gasteiger partial charge in [0.2, 0.25) is 0 Å². The van der Waals surface area contributed by atoms with Crippen LogP contribution in [0.2, 0.25) is 5.15 Å². The van der Waals surface area contributed by atoms with Gasteiger partial charge in [-0.1, -0.05) is 31.4 Å². The smallest absolute Gasteiger partial charge is 0.156 e. The lowest BCUT2D eigenvalue weighted by atomic mass is 9.92. The molecule has 0 bridgehead atoms. The van der Waals surface area contributed by atoms with Gasteiger partial charge in [-0.05, 0) is 25.7 Å². The Labute approximate surface area is 119 Å². The summed E-state index contributed by atoms with van der Waals surface area (Å²) in [5.74, 6) is 2.11. The molecule has 0 aliphatic carbocycles. The van der Waals surface area contributed by atoms with E-state index < -0.39 is 0 Å². The lowest BCUT2D eigenvalue weighted by Crippen LogP contribution is -2.35. The van der Waals surface area contributed by atoms with E-state index in [-0.39, 0.29) is 5.15 Å². The van der Waals surface area contributed by atoms with Gasteiger partial charge in [0.05, 0.1) is 5.56 Å². The highest BCUT2D eigenvalue weighted by atomic mass is 35.5. The second-order valence-corrected chi connectivity index (χ2v) is 5.49. The molecule has 0 N–H and O–H groups in total. The van der Waals surface area contributed by atoms with Crippen LogP contribution in [-0.4, -0.2) is 29.3 Å². The summed E-state index contributed by atoms with van der Waals surface area (Å²) in [6.07, 6.45) is 5.61. The zero-order valence-electron chi connectivity index (χ0n) is 11.5. The fraction of sp³-hybridized carbons (Fsp3) is 0.643. The molecule has 0 aromatic carbocycles. The molecule has 2 heterocycles. The molecular formula is C14H20ClN3O. The average Bonchev–Trinajstić information content (AvgIpc) is 2.39. The highest BCUT2D eigenvalue weighted by Gasteiger charge is 2.23. The molecule has 0 unspecified atom stereocenters. The third kappa shape index (κ3) is 3.24. The van der Waals surface area contributed by atoms with Crippen molar-refractivity contribution < 1.29 is 4.79 Å². The number of carbonyl (C=O) groups is 1. The molecule has 1 fully saturated rings. The molecule has 4 nitrogen and oxygen atoms in total. The summed E-state index contributed by atoms with van der Waals surface area (Å²) in [5, 5.41) is 0.258. The zero-order chi connectivity index (χ0) is 13.8. The molecule has 1 aliphatic rings. The molecule has 0 spiro atoms. The molecule has 1 aromatic heterocycles. The minimum atomic E-state index is 0.258. The van der Waals surface area contributed by atoms with E-state index in [9.17, 15) is 4.79 Å². The number of piperidine rings is 1. The number of aryl methyl sites for hydroxylation is 1. The van der Waals surface area contributed by atoms with Crippen LogP contribution in [0.3, 0.4) is 0 Å². The predicted molar refractivity (Wildman–Crippen MR) is 77.0 cm³/mol. The van der Waals surface area contributed by atoms with Gasteiger partial charge < -0.3 is 4.90 Å². The first-order chi connectivity index (χ1) is 9.15. The number of hydrogen-bond donors (Lipinski definition) is 0. The molecular weight excluding hydrogens is 262 g/mol. The van der Waals surface area contributed by atoms with Gasteiger partial charge in [-0.2, -0.15) is 0 Å². The first-order valence-electron chi connectivity index (χ1n) is 6.90. The van der Waals surface area contributed by atoms with Crippen LogP contribution in [-0.2, 0) is 0 Å². The van der Waals surface area contributed by atoms with Crippen molar-refractivity contribution in [3.8, 4) is 0 Å². The fourth-order valence-electron chi connectivity index (χ4n) is 2.72. The van der Waals surface area contributed by atoms with E-state index in [1.807, 2.05) is 0 Å². The molecule has 5 heteroatoms. The van der Waals surface area contributed by atoms with Gasteiger partial charge in [0.25, 0.3) is 0 Å². The molecule has 104 valence electrons. The zero-order valence-corrected chi connectivity index (χ0v) is 12.3. The molecule has 1 saturated heterocycles. The van der Waals surface area contributed by atoms with Crippen molar-refractivity contribution >= 4 is 23.7 Å². The molecule has 0 saturated carbocycles. The SMILES string of the molecule is CCCC1CCN(c2nc(C)nc(Cl)c2C=O)CC1. The van der Waals surface area contributed by atoms with Gasteiger partial charge in [0.15, 0.2) is 6.29 Å². The average molecular weight is 282 g/mol. The number of nitrogens with zero attached hydrogens (tertiary/aromatic N) is 3. The van der Waals surface area contributed by atoms with E-state index in [1.54, 1.807) is 6.92 Å². The summed E-state index contributed by atoms with van der Waals surface area (Å²) < 4.78 is 0. The Kier molecular flexibility index (Phi) is 4.75. The van der Waals surface area contributed by atoms with Crippen molar-refractivity contribution in [3.63, 3.8) is 0 Å². The van der Waals surface area contributed by atoms with Crippen LogP contribution in [0, 0.1) is 12.8 Å². The standard InChI is InChI=1S/C14H20ClN3O/c1-3-4-11-5-7-18(8-6-11)14-12(9-19)13(15)16-10(2)17-14/h9,11H,3-8H2,1-2H3. The molecule has 0 amide bonds. The van der Waals surface area contributed by atoms with Crippen molar-refractivity contribution in [3.05, 3.63) is 16.5 Å². The van der Waals surface area contributed by atoms with Gasteiger partial charge in [-0.3, -0.25) is 4.79 Å². The van der Waals surface area contributed by atoms with Crippen LogP contribution in [0.1, 0.15) is 48.8 Å². The normalized spacial score (nSPS) is 16.7. The van der Waals surface area contributed by atoms with Gasteiger partial charge in [0.1, 0.15) is 16.8 Å². The molecule has 1 aromatic rings. The summed E-state index contributed by atoms with van der Waals surface area (Å²) >= 11 is 6.02. The number of aldehydes is 1. The number of anilines is 1. The predicted octanol–water partition coefficient (Wildman–Crippen LogP) is 3.27. The summed E-state index contributed by atoms with van der Waals surface area (Å²) in [4.78, 5) is 21.8. The van der Waals surface area contributed by atoms with E-state index in [0.717, 1.165) is 38.1 Å². The third-order valence-electron chi connectivity index (χ3n) is 3.72. The minimum Gasteiger partial charge on any atom is -0.356 e. The number of aromatic nitrogens is 2. The Balaban J connectivity index is 2.17. The van der Waals surface area contributed by atoms with Gasteiger partial charge in [-0.25, -0.2) is 9.97 Å². The van der Waals surface area contributed by atoms with Gasteiger partial charge >= 0.3 is 0 Å². The van der Waals surface area contributed by atoms with E-state index >= 15 is 0 Å². The second-order valence-electron chi connectivity index (χ2n) is 5.14. The first-order valence-corrected chi connectivity index (χ1v) is 7.27. The second kappa shape index (κ2) is 6.33. The highest BCUT2D eigenvalue weighted by molar-refractivity contribution is 6.32. The van der Waals surface area contributed by atoms with Crippen molar-refractivity contribution in [2.45, 2.75) is 39.5 Å². The lowest BCUT2D eigenvalue weighted by molar-refractivity contribution is 0.112. The maximum absolute atomic E-state index is 11.2. The van der Waals surface area contributed by atoms with Crippen LogP contribution in [0.15, 0.2) is 0 Å². The summed E-state index contributed by atoms with van der Waals surface area (Å²) in [7, 11) is 0. The monoisotopic (exact) mass is 281 g/mol. The molecule has 0 atom stereocenters.